The number of carbonyl (C=O) groups is 2. The van der Waals surface area contributed by atoms with Crippen molar-refractivity contribution in [1.82, 2.24) is 10.2 Å². The normalized spacial score (nSPS) is 18.5. The highest BCUT2D eigenvalue weighted by molar-refractivity contribution is 7.91. The van der Waals surface area contributed by atoms with Crippen molar-refractivity contribution in [2.45, 2.75) is 13.0 Å². The summed E-state index contributed by atoms with van der Waals surface area (Å²) >= 11 is 0. The van der Waals surface area contributed by atoms with Crippen molar-refractivity contribution >= 4 is 21.8 Å². The Labute approximate surface area is 128 Å². The minimum atomic E-state index is -3.09. The van der Waals surface area contributed by atoms with Crippen molar-refractivity contribution in [2.24, 2.45) is 0 Å². The average Bonchev–Trinajstić information content (AvgIpc) is 2.44. The van der Waals surface area contributed by atoms with Crippen LogP contribution in [0.15, 0.2) is 24.3 Å². The topological polar surface area (TPSA) is 104 Å². The zero-order valence-electron chi connectivity index (χ0n) is 12.2. The number of hydrogen-bond acceptors (Lipinski definition) is 4. The summed E-state index contributed by atoms with van der Waals surface area (Å²) in [6, 6.07) is 5.15. The lowest BCUT2D eigenvalue weighted by Crippen LogP contribution is -2.49. The van der Waals surface area contributed by atoms with Gasteiger partial charge in [0.2, 0.25) is 0 Å². The molecule has 1 aliphatic heterocycles. The quantitative estimate of drug-likeness (QED) is 0.845. The highest BCUT2D eigenvalue weighted by Crippen LogP contribution is 2.16. The average molecular weight is 326 g/mol. The Morgan fingerprint density at radius 2 is 1.91 bits per heavy atom. The van der Waals surface area contributed by atoms with Crippen LogP contribution in [0.2, 0.25) is 0 Å². The minimum Gasteiger partial charge on any atom is -0.479 e. The predicted molar refractivity (Wildman–Crippen MR) is 80.3 cm³/mol. The lowest BCUT2D eigenvalue weighted by Gasteiger charge is -2.28. The number of benzene rings is 1. The van der Waals surface area contributed by atoms with E-state index in [1.807, 2.05) is 13.0 Å². The number of urea groups is 1. The number of carboxylic acids is 1. The number of carboxylic acid groups (broad SMARTS) is 1. The molecule has 1 atom stereocenters. The molecule has 1 aliphatic rings. The van der Waals surface area contributed by atoms with Crippen LogP contribution in [0.4, 0.5) is 4.79 Å². The van der Waals surface area contributed by atoms with Crippen LogP contribution in [-0.2, 0) is 14.6 Å². The Kier molecular flexibility index (Phi) is 4.70. The first-order valence-corrected chi connectivity index (χ1v) is 8.66. The van der Waals surface area contributed by atoms with E-state index >= 15 is 0 Å². The molecule has 0 aliphatic carbocycles. The van der Waals surface area contributed by atoms with Gasteiger partial charge in [0, 0.05) is 13.1 Å². The number of carbonyl (C=O) groups excluding carboxylic acids is 1. The SMILES string of the molecule is Cc1cccc(C(NC(=O)N2CCS(=O)(=O)CC2)C(=O)O)c1. The Morgan fingerprint density at radius 3 is 2.45 bits per heavy atom. The van der Waals surface area contributed by atoms with E-state index in [-0.39, 0.29) is 24.6 Å². The van der Waals surface area contributed by atoms with Gasteiger partial charge < -0.3 is 15.3 Å². The molecular formula is C14H18N2O5S. The van der Waals surface area contributed by atoms with Gasteiger partial charge in [0.25, 0.3) is 0 Å². The van der Waals surface area contributed by atoms with E-state index < -0.39 is 27.9 Å². The number of nitrogens with one attached hydrogen (secondary N) is 1. The largest absolute Gasteiger partial charge is 0.479 e. The molecule has 1 aromatic carbocycles. The second-order valence-electron chi connectivity index (χ2n) is 5.27. The van der Waals surface area contributed by atoms with Crippen LogP contribution in [0.3, 0.4) is 0 Å². The molecular weight excluding hydrogens is 308 g/mol. The molecule has 1 heterocycles. The van der Waals surface area contributed by atoms with Gasteiger partial charge in [0.05, 0.1) is 11.5 Å². The smallest absolute Gasteiger partial charge is 0.330 e. The molecule has 1 unspecified atom stereocenters. The van der Waals surface area contributed by atoms with Crippen LogP contribution in [-0.4, -0.2) is 55.0 Å². The van der Waals surface area contributed by atoms with Crippen LogP contribution in [0, 0.1) is 6.92 Å². The molecule has 22 heavy (non-hydrogen) atoms. The summed E-state index contributed by atoms with van der Waals surface area (Å²) in [5.41, 5.74) is 1.37. The van der Waals surface area contributed by atoms with Crippen LogP contribution in [0.1, 0.15) is 17.2 Å². The van der Waals surface area contributed by atoms with Gasteiger partial charge in [-0.1, -0.05) is 29.8 Å². The molecule has 0 spiro atoms. The summed E-state index contributed by atoms with van der Waals surface area (Å²) in [5, 5.41) is 11.8. The zero-order chi connectivity index (χ0) is 16.3. The third-order valence-corrected chi connectivity index (χ3v) is 5.13. The Hall–Kier alpha value is -2.09. The molecule has 2 amide bonds. The van der Waals surface area contributed by atoms with Gasteiger partial charge in [-0.15, -0.1) is 0 Å². The lowest BCUT2D eigenvalue weighted by atomic mass is 10.0. The first-order valence-electron chi connectivity index (χ1n) is 6.84. The van der Waals surface area contributed by atoms with Crippen molar-refractivity contribution in [2.75, 3.05) is 24.6 Å². The van der Waals surface area contributed by atoms with Crippen molar-refractivity contribution in [3.8, 4) is 0 Å². The van der Waals surface area contributed by atoms with E-state index in [9.17, 15) is 23.1 Å². The fourth-order valence-corrected chi connectivity index (χ4v) is 3.47. The number of sulfone groups is 1. The maximum absolute atomic E-state index is 12.1. The van der Waals surface area contributed by atoms with E-state index in [2.05, 4.69) is 5.32 Å². The highest BCUT2D eigenvalue weighted by atomic mass is 32.2. The van der Waals surface area contributed by atoms with Gasteiger partial charge >= 0.3 is 12.0 Å². The Morgan fingerprint density at radius 1 is 1.27 bits per heavy atom. The molecule has 8 heteroatoms. The van der Waals surface area contributed by atoms with E-state index in [0.717, 1.165) is 5.56 Å². The van der Waals surface area contributed by atoms with E-state index in [0.29, 0.717) is 5.56 Å². The first kappa shape index (κ1) is 16.3. The molecule has 0 aromatic heterocycles. The molecule has 1 saturated heterocycles. The minimum absolute atomic E-state index is 0.0777. The van der Waals surface area contributed by atoms with Crippen molar-refractivity contribution in [1.29, 1.82) is 0 Å². The molecule has 0 radical (unpaired) electrons. The second kappa shape index (κ2) is 6.35. The number of rotatable bonds is 3. The Balaban J connectivity index is 2.09. The number of hydrogen-bond donors (Lipinski definition) is 2. The lowest BCUT2D eigenvalue weighted by molar-refractivity contribution is -0.139. The fraction of sp³-hybridized carbons (Fsp3) is 0.429. The van der Waals surface area contributed by atoms with Gasteiger partial charge in [-0.25, -0.2) is 18.0 Å². The summed E-state index contributed by atoms with van der Waals surface area (Å²) in [5.74, 6) is -1.35. The van der Waals surface area contributed by atoms with E-state index in [1.165, 1.54) is 4.90 Å². The van der Waals surface area contributed by atoms with Gasteiger partial charge in [0.1, 0.15) is 0 Å². The second-order valence-corrected chi connectivity index (χ2v) is 7.58. The van der Waals surface area contributed by atoms with Gasteiger partial charge in [-0.05, 0) is 12.5 Å². The molecule has 0 saturated carbocycles. The summed E-state index contributed by atoms with van der Waals surface area (Å²) in [6.45, 7) is 1.99. The first-order chi connectivity index (χ1) is 10.3. The monoisotopic (exact) mass is 326 g/mol. The number of nitrogens with zero attached hydrogens (tertiary/aromatic N) is 1. The van der Waals surface area contributed by atoms with Crippen molar-refractivity contribution < 1.29 is 23.1 Å². The van der Waals surface area contributed by atoms with Crippen LogP contribution < -0.4 is 5.32 Å². The van der Waals surface area contributed by atoms with Gasteiger partial charge in [0.15, 0.2) is 15.9 Å². The number of aliphatic carboxylic acids is 1. The summed E-state index contributed by atoms with van der Waals surface area (Å²) < 4.78 is 22.7. The molecule has 1 fully saturated rings. The summed E-state index contributed by atoms with van der Waals surface area (Å²) in [7, 11) is -3.09. The van der Waals surface area contributed by atoms with Gasteiger partial charge in [-0.3, -0.25) is 0 Å². The van der Waals surface area contributed by atoms with Crippen LogP contribution in [0.25, 0.3) is 0 Å². The van der Waals surface area contributed by atoms with Crippen LogP contribution in [0.5, 0.6) is 0 Å². The predicted octanol–water partition coefficient (Wildman–Crippen LogP) is 0.561. The van der Waals surface area contributed by atoms with Crippen LogP contribution >= 0.6 is 0 Å². The fourth-order valence-electron chi connectivity index (χ4n) is 2.27. The standard InChI is InChI=1S/C14H18N2O5S/c1-10-3-2-4-11(9-10)12(13(17)18)15-14(19)16-5-7-22(20,21)8-6-16/h2-4,9,12H,5-8H2,1H3,(H,15,19)(H,17,18). The third kappa shape index (κ3) is 3.97. The van der Waals surface area contributed by atoms with Gasteiger partial charge in [-0.2, -0.15) is 0 Å². The number of amides is 2. The summed E-state index contributed by atoms with van der Waals surface area (Å²) in [6.07, 6.45) is 0. The van der Waals surface area contributed by atoms with E-state index in [1.54, 1.807) is 18.2 Å². The molecule has 2 N–H and O–H groups in total. The van der Waals surface area contributed by atoms with Crippen molar-refractivity contribution in [3.05, 3.63) is 35.4 Å². The maximum atomic E-state index is 12.1. The molecule has 1 aromatic rings. The Bertz CT molecular complexity index is 672. The van der Waals surface area contributed by atoms with E-state index in [4.69, 9.17) is 0 Å². The molecule has 0 bridgehead atoms. The number of aryl methyl sites for hydroxylation is 1. The summed E-state index contributed by atoms with van der Waals surface area (Å²) in [4.78, 5) is 24.9. The third-order valence-electron chi connectivity index (χ3n) is 3.52. The highest BCUT2D eigenvalue weighted by Gasteiger charge is 2.28. The maximum Gasteiger partial charge on any atom is 0.330 e. The molecule has 7 nitrogen and oxygen atoms in total. The van der Waals surface area contributed by atoms with Crippen molar-refractivity contribution in [3.63, 3.8) is 0 Å². The molecule has 2 rings (SSSR count). The molecule has 120 valence electrons. The zero-order valence-corrected chi connectivity index (χ0v) is 13.0.